The Balaban J connectivity index is 2.11. The van der Waals surface area contributed by atoms with Crippen LogP contribution in [0.4, 0.5) is 0 Å². The number of carbonyl (C=O) groups is 1. The third-order valence-corrected chi connectivity index (χ3v) is 3.61. The van der Waals surface area contributed by atoms with E-state index in [2.05, 4.69) is 23.6 Å². The fourth-order valence-corrected chi connectivity index (χ4v) is 2.56. The van der Waals surface area contributed by atoms with Gasteiger partial charge in [0.25, 0.3) is 5.91 Å². The number of carbonyl (C=O) groups excluding carboxylic acids is 1. The molecule has 2 N–H and O–H groups in total. The first kappa shape index (κ1) is 13.1. The second kappa shape index (κ2) is 5.11. The van der Waals surface area contributed by atoms with Gasteiger partial charge in [0.15, 0.2) is 0 Å². The molecule has 1 saturated heterocycles. The molecule has 1 fully saturated rings. The summed E-state index contributed by atoms with van der Waals surface area (Å²) in [6.45, 7) is 8.13. The molecular weight excluding hydrogens is 224 g/mol. The predicted octanol–water partition coefficient (Wildman–Crippen LogP) is 2.18. The van der Waals surface area contributed by atoms with E-state index in [0.29, 0.717) is 0 Å². The van der Waals surface area contributed by atoms with Gasteiger partial charge >= 0.3 is 0 Å². The van der Waals surface area contributed by atoms with Gasteiger partial charge in [-0.2, -0.15) is 0 Å². The molecule has 18 heavy (non-hydrogen) atoms. The fraction of sp³-hybridized carbons (Fsp3) is 0.533. The van der Waals surface area contributed by atoms with Crippen molar-refractivity contribution in [2.45, 2.75) is 39.2 Å². The van der Waals surface area contributed by atoms with Crippen molar-refractivity contribution in [1.29, 1.82) is 0 Å². The number of rotatable bonds is 2. The molecule has 0 saturated carbocycles. The fourth-order valence-electron chi connectivity index (χ4n) is 2.56. The van der Waals surface area contributed by atoms with Gasteiger partial charge in [-0.1, -0.05) is 17.2 Å². The van der Waals surface area contributed by atoms with Crippen molar-refractivity contribution in [3.63, 3.8) is 0 Å². The van der Waals surface area contributed by atoms with Crippen molar-refractivity contribution in [2.75, 3.05) is 13.1 Å². The zero-order chi connectivity index (χ0) is 13.2. The van der Waals surface area contributed by atoms with Gasteiger partial charge in [0.2, 0.25) is 0 Å². The molecule has 0 aromatic heterocycles. The molecule has 0 atom stereocenters. The van der Waals surface area contributed by atoms with Crippen LogP contribution in [0.15, 0.2) is 18.2 Å². The van der Waals surface area contributed by atoms with Crippen LogP contribution >= 0.6 is 0 Å². The van der Waals surface area contributed by atoms with E-state index in [-0.39, 0.29) is 11.4 Å². The van der Waals surface area contributed by atoms with E-state index in [1.807, 2.05) is 26.0 Å². The van der Waals surface area contributed by atoms with Gasteiger partial charge < -0.3 is 10.6 Å². The Hall–Kier alpha value is -1.35. The highest BCUT2D eigenvalue weighted by Crippen LogP contribution is 2.18. The minimum Gasteiger partial charge on any atom is -0.347 e. The smallest absolute Gasteiger partial charge is 0.251 e. The Morgan fingerprint density at radius 3 is 2.28 bits per heavy atom. The Morgan fingerprint density at radius 2 is 1.72 bits per heavy atom. The third-order valence-electron chi connectivity index (χ3n) is 3.61. The van der Waals surface area contributed by atoms with Crippen LogP contribution in [0, 0.1) is 13.8 Å². The largest absolute Gasteiger partial charge is 0.347 e. The number of piperidine rings is 1. The molecule has 98 valence electrons. The van der Waals surface area contributed by atoms with E-state index in [1.165, 1.54) is 0 Å². The SMILES string of the molecule is Cc1cc(C)cc(C(=O)NC2(C)CCNCC2)c1. The number of hydrogen-bond acceptors (Lipinski definition) is 2. The second-order valence-electron chi connectivity index (χ2n) is 5.64. The molecule has 1 amide bonds. The van der Waals surface area contributed by atoms with E-state index in [9.17, 15) is 4.79 Å². The molecule has 3 heteroatoms. The lowest BCUT2D eigenvalue weighted by Crippen LogP contribution is -2.52. The van der Waals surface area contributed by atoms with Gasteiger partial charge in [0.1, 0.15) is 0 Å². The number of aryl methyl sites for hydroxylation is 2. The van der Waals surface area contributed by atoms with Crippen molar-refractivity contribution in [1.82, 2.24) is 10.6 Å². The lowest BCUT2D eigenvalue weighted by Gasteiger charge is -2.35. The minimum absolute atomic E-state index is 0.0474. The normalized spacial score (nSPS) is 18.4. The zero-order valence-electron chi connectivity index (χ0n) is 11.5. The van der Waals surface area contributed by atoms with Gasteiger partial charge in [-0.05, 0) is 58.8 Å². The first-order valence-electron chi connectivity index (χ1n) is 6.60. The van der Waals surface area contributed by atoms with E-state index in [1.54, 1.807) is 0 Å². The van der Waals surface area contributed by atoms with Crippen LogP contribution in [0.25, 0.3) is 0 Å². The van der Waals surface area contributed by atoms with Crippen LogP contribution in [-0.4, -0.2) is 24.5 Å². The second-order valence-corrected chi connectivity index (χ2v) is 5.64. The quantitative estimate of drug-likeness (QED) is 0.839. The van der Waals surface area contributed by atoms with Gasteiger partial charge in [-0.25, -0.2) is 0 Å². The maximum absolute atomic E-state index is 12.3. The molecule has 1 aromatic rings. The van der Waals surface area contributed by atoms with Crippen molar-refractivity contribution >= 4 is 5.91 Å². The summed E-state index contributed by atoms with van der Waals surface area (Å²) in [5, 5.41) is 6.51. The molecule has 0 unspecified atom stereocenters. The molecule has 0 radical (unpaired) electrons. The van der Waals surface area contributed by atoms with Gasteiger partial charge in [0, 0.05) is 11.1 Å². The van der Waals surface area contributed by atoms with Crippen LogP contribution in [0.2, 0.25) is 0 Å². The number of hydrogen-bond donors (Lipinski definition) is 2. The zero-order valence-corrected chi connectivity index (χ0v) is 11.5. The summed E-state index contributed by atoms with van der Waals surface area (Å²) in [7, 11) is 0. The first-order valence-corrected chi connectivity index (χ1v) is 6.60. The molecule has 0 bridgehead atoms. The molecule has 1 aromatic carbocycles. The summed E-state index contributed by atoms with van der Waals surface area (Å²) in [4.78, 5) is 12.3. The van der Waals surface area contributed by atoms with E-state index >= 15 is 0 Å². The third kappa shape index (κ3) is 3.10. The lowest BCUT2D eigenvalue weighted by molar-refractivity contribution is 0.0887. The number of benzene rings is 1. The molecule has 1 aliphatic rings. The Labute approximate surface area is 109 Å². The van der Waals surface area contributed by atoms with Gasteiger partial charge in [0.05, 0.1) is 0 Å². The minimum atomic E-state index is -0.0695. The lowest BCUT2D eigenvalue weighted by atomic mass is 9.90. The van der Waals surface area contributed by atoms with E-state index in [0.717, 1.165) is 42.6 Å². The van der Waals surface area contributed by atoms with Gasteiger partial charge in [-0.15, -0.1) is 0 Å². The van der Waals surface area contributed by atoms with Crippen molar-refractivity contribution in [2.24, 2.45) is 0 Å². The number of nitrogens with one attached hydrogen (secondary N) is 2. The highest BCUT2D eigenvalue weighted by atomic mass is 16.1. The first-order chi connectivity index (χ1) is 8.48. The van der Waals surface area contributed by atoms with Crippen LogP contribution in [-0.2, 0) is 0 Å². The monoisotopic (exact) mass is 246 g/mol. The molecule has 0 spiro atoms. The van der Waals surface area contributed by atoms with Crippen LogP contribution in [0.1, 0.15) is 41.3 Å². The van der Waals surface area contributed by atoms with Crippen molar-refractivity contribution in [3.05, 3.63) is 34.9 Å². The summed E-state index contributed by atoms with van der Waals surface area (Å²) in [5.41, 5.74) is 2.97. The maximum atomic E-state index is 12.3. The highest BCUT2D eigenvalue weighted by Gasteiger charge is 2.28. The standard InChI is InChI=1S/C15H22N2O/c1-11-8-12(2)10-13(9-11)14(18)17-15(3)4-6-16-7-5-15/h8-10,16H,4-7H2,1-3H3,(H,17,18). The average Bonchev–Trinajstić information content (AvgIpc) is 2.28. The van der Waals surface area contributed by atoms with Crippen LogP contribution < -0.4 is 10.6 Å². The summed E-state index contributed by atoms with van der Waals surface area (Å²) >= 11 is 0. The molecule has 3 nitrogen and oxygen atoms in total. The van der Waals surface area contributed by atoms with Crippen LogP contribution in [0.3, 0.4) is 0 Å². The Kier molecular flexibility index (Phi) is 3.71. The Bertz CT molecular complexity index is 428. The predicted molar refractivity (Wildman–Crippen MR) is 73.9 cm³/mol. The molecule has 1 aliphatic heterocycles. The van der Waals surface area contributed by atoms with E-state index < -0.39 is 0 Å². The molecule has 2 rings (SSSR count). The number of amides is 1. The van der Waals surface area contributed by atoms with Crippen molar-refractivity contribution in [3.8, 4) is 0 Å². The molecule has 0 aliphatic carbocycles. The van der Waals surface area contributed by atoms with Crippen LogP contribution in [0.5, 0.6) is 0 Å². The highest BCUT2D eigenvalue weighted by molar-refractivity contribution is 5.95. The molecule has 1 heterocycles. The maximum Gasteiger partial charge on any atom is 0.251 e. The average molecular weight is 246 g/mol. The van der Waals surface area contributed by atoms with E-state index in [4.69, 9.17) is 0 Å². The summed E-state index contributed by atoms with van der Waals surface area (Å²) in [6, 6.07) is 5.99. The Morgan fingerprint density at radius 1 is 1.17 bits per heavy atom. The summed E-state index contributed by atoms with van der Waals surface area (Å²) < 4.78 is 0. The summed E-state index contributed by atoms with van der Waals surface area (Å²) in [6.07, 6.45) is 1.98. The summed E-state index contributed by atoms with van der Waals surface area (Å²) in [5.74, 6) is 0.0474. The molecular formula is C15H22N2O. The topological polar surface area (TPSA) is 41.1 Å². The van der Waals surface area contributed by atoms with Gasteiger partial charge in [-0.3, -0.25) is 4.79 Å². The van der Waals surface area contributed by atoms with Crippen molar-refractivity contribution < 1.29 is 4.79 Å².